The smallest absolute Gasteiger partial charge is 0.253 e. The number of nitrogens with one attached hydrogen (secondary N) is 1. The molecule has 2 fully saturated rings. The first-order valence-corrected chi connectivity index (χ1v) is 9.66. The van der Waals surface area contributed by atoms with Gasteiger partial charge in [0.25, 0.3) is 5.91 Å². The lowest BCUT2D eigenvalue weighted by atomic mass is 9.71. The topological polar surface area (TPSA) is 29.1 Å². The molecule has 1 aromatic carbocycles. The van der Waals surface area contributed by atoms with E-state index in [9.17, 15) is 4.79 Å². The van der Waals surface area contributed by atoms with Crippen LogP contribution in [0.1, 0.15) is 68.1 Å². The van der Waals surface area contributed by atoms with E-state index in [2.05, 4.69) is 5.32 Å². The Kier molecular flexibility index (Phi) is 5.87. The average molecular weight is 354 g/mol. The number of halogens is 2. The number of hydrogen-bond donors (Lipinski definition) is 1. The molecule has 2 atom stereocenters. The fraction of sp³-hybridized carbons (Fsp3) is 0.632. The number of benzene rings is 1. The van der Waals surface area contributed by atoms with E-state index in [1.165, 1.54) is 51.4 Å². The average Bonchev–Trinajstić information content (AvgIpc) is 2.56. The van der Waals surface area contributed by atoms with Gasteiger partial charge in [-0.3, -0.25) is 4.79 Å². The van der Waals surface area contributed by atoms with Crippen LogP contribution in [-0.2, 0) is 0 Å². The molecule has 2 nitrogen and oxygen atoms in total. The van der Waals surface area contributed by atoms with Crippen molar-refractivity contribution in [3.05, 3.63) is 33.8 Å². The lowest BCUT2D eigenvalue weighted by Gasteiger charge is -2.39. The molecule has 1 aromatic rings. The summed E-state index contributed by atoms with van der Waals surface area (Å²) in [6.45, 7) is 0. The molecule has 0 saturated heterocycles. The lowest BCUT2D eigenvalue weighted by molar-refractivity contribution is 0.0859. The van der Waals surface area contributed by atoms with E-state index in [0.29, 0.717) is 27.6 Å². The highest BCUT2D eigenvalue weighted by molar-refractivity contribution is 6.36. The summed E-state index contributed by atoms with van der Waals surface area (Å²) in [4.78, 5) is 12.6. The van der Waals surface area contributed by atoms with Crippen molar-refractivity contribution in [3.63, 3.8) is 0 Å². The Bertz CT molecular complexity index is 554. The van der Waals surface area contributed by atoms with Crippen LogP contribution in [0.25, 0.3) is 0 Å². The van der Waals surface area contributed by atoms with Crippen molar-refractivity contribution in [1.29, 1.82) is 0 Å². The van der Waals surface area contributed by atoms with Crippen LogP contribution in [0.3, 0.4) is 0 Å². The summed E-state index contributed by atoms with van der Waals surface area (Å²) in [5.74, 6) is 1.37. The standard InChI is InChI=1S/C19H25Cl2NO/c20-14-10-11-16(17(21)12-14)19(23)22-18-9-5-4-8-15(18)13-6-2-1-3-7-13/h10-13,15,18H,1-9H2,(H,22,23)/t15-,18-/m1/s1. The zero-order chi connectivity index (χ0) is 16.2. The first-order chi connectivity index (χ1) is 11.1. The normalized spacial score (nSPS) is 26.0. The summed E-state index contributed by atoms with van der Waals surface area (Å²) < 4.78 is 0. The number of amides is 1. The fourth-order valence-electron chi connectivity index (χ4n) is 4.39. The zero-order valence-electron chi connectivity index (χ0n) is 13.5. The monoisotopic (exact) mass is 353 g/mol. The molecule has 0 heterocycles. The number of carbonyl (C=O) groups is 1. The zero-order valence-corrected chi connectivity index (χ0v) is 15.0. The lowest BCUT2D eigenvalue weighted by Crippen LogP contribution is -2.45. The Balaban J connectivity index is 1.69. The van der Waals surface area contributed by atoms with E-state index in [1.807, 2.05) is 0 Å². The number of carbonyl (C=O) groups excluding carboxylic acids is 1. The first-order valence-electron chi connectivity index (χ1n) is 8.91. The molecule has 0 bridgehead atoms. The molecule has 0 spiro atoms. The molecule has 0 radical (unpaired) electrons. The van der Waals surface area contributed by atoms with Crippen molar-refractivity contribution in [3.8, 4) is 0 Å². The molecule has 4 heteroatoms. The molecule has 23 heavy (non-hydrogen) atoms. The van der Waals surface area contributed by atoms with Crippen molar-refractivity contribution in [2.45, 2.75) is 63.8 Å². The van der Waals surface area contributed by atoms with E-state index in [1.54, 1.807) is 18.2 Å². The van der Waals surface area contributed by atoms with Crippen molar-refractivity contribution in [1.82, 2.24) is 5.32 Å². The third-order valence-electron chi connectivity index (χ3n) is 5.57. The van der Waals surface area contributed by atoms with Gasteiger partial charge >= 0.3 is 0 Å². The van der Waals surface area contributed by atoms with E-state index in [-0.39, 0.29) is 5.91 Å². The SMILES string of the molecule is O=C(N[C@@H]1CCCC[C@@H]1C1CCCCC1)c1ccc(Cl)cc1Cl. The molecule has 1 amide bonds. The highest BCUT2D eigenvalue weighted by Gasteiger charge is 2.33. The van der Waals surface area contributed by atoms with E-state index < -0.39 is 0 Å². The maximum Gasteiger partial charge on any atom is 0.253 e. The summed E-state index contributed by atoms with van der Waals surface area (Å²) in [6, 6.07) is 5.38. The van der Waals surface area contributed by atoms with Crippen molar-refractivity contribution >= 4 is 29.1 Å². The van der Waals surface area contributed by atoms with Gasteiger partial charge in [-0.1, -0.05) is 68.1 Å². The van der Waals surface area contributed by atoms with E-state index >= 15 is 0 Å². The third-order valence-corrected chi connectivity index (χ3v) is 6.11. The minimum absolute atomic E-state index is 0.0561. The van der Waals surface area contributed by atoms with Crippen LogP contribution in [0.15, 0.2) is 18.2 Å². The minimum atomic E-state index is -0.0561. The molecule has 2 aliphatic rings. The van der Waals surface area contributed by atoms with Crippen molar-refractivity contribution < 1.29 is 4.79 Å². The van der Waals surface area contributed by atoms with Crippen LogP contribution in [0.5, 0.6) is 0 Å². The van der Waals surface area contributed by atoms with E-state index in [4.69, 9.17) is 23.2 Å². The van der Waals surface area contributed by atoms with Gasteiger partial charge in [0.1, 0.15) is 0 Å². The Morgan fingerprint density at radius 2 is 1.65 bits per heavy atom. The Hall–Kier alpha value is -0.730. The quantitative estimate of drug-likeness (QED) is 0.723. The summed E-state index contributed by atoms with van der Waals surface area (Å²) in [5, 5.41) is 4.27. The highest BCUT2D eigenvalue weighted by atomic mass is 35.5. The summed E-state index contributed by atoms with van der Waals surface area (Å²) in [6.07, 6.45) is 11.6. The van der Waals surface area contributed by atoms with E-state index in [0.717, 1.165) is 12.3 Å². The number of hydrogen-bond acceptors (Lipinski definition) is 1. The van der Waals surface area contributed by atoms with Gasteiger partial charge in [0, 0.05) is 11.1 Å². The Labute approximate surface area is 148 Å². The van der Waals surface area contributed by atoms with Crippen LogP contribution < -0.4 is 5.32 Å². The predicted molar refractivity (Wildman–Crippen MR) is 96.2 cm³/mol. The summed E-state index contributed by atoms with van der Waals surface area (Å²) in [5.41, 5.74) is 0.532. The van der Waals surface area contributed by atoms with Crippen LogP contribution in [0, 0.1) is 11.8 Å². The van der Waals surface area contributed by atoms with Crippen LogP contribution in [0.4, 0.5) is 0 Å². The highest BCUT2D eigenvalue weighted by Crippen LogP contribution is 2.38. The Morgan fingerprint density at radius 1 is 0.957 bits per heavy atom. The third kappa shape index (κ3) is 4.22. The van der Waals surface area contributed by atoms with Gasteiger partial charge in [0.15, 0.2) is 0 Å². The first kappa shape index (κ1) is 17.1. The van der Waals surface area contributed by atoms with Gasteiger partial charge in [0.05, 0.1) is 10.6 Å². The molecule has 1 N–H and O–H groups in total. The molecule has 2 aliphatic carbocycles. The molecule has 0 aliphatic heterocycles. The van der Waals surface area contributed by atoms with Crippen LogP contribution in [-0.4, -0.2) is 11.9 Å². The molecule has 3 rings (SSSR count). The second-order valence-corrected chi connectivity index (χ2v) is 7.89. The largest absolute Gasteiger partial charge is 0.349 e. The molecular formula is C19H25Cl2NO. The molecule has 0 unspecified atom stereocenters. The van der Waals surface area contributed by atoms with Gasteiger partial charge in [0.2, 0.25) is 0 Å². The second kappa shape index (κ2) is 7.90. The van der Waals surface area contributed by atoms with Crippen LogP contribution in [0.2, 0.25) is 10.0 Å². The van der Waals surface area contributed by atoms with Crippen molar-refractivity contribution in [2.24, 2.45) is 11.8 Å². The van der Waals surface area contributed by atoms with Gasteiger partial charge in [-0.05, 0) is 42.9 Å². The van der Waals surface area contributed by atoms with Gasteiger partial charge in [-0.15, -0.1) is 0 Å². The minimum Gasteiger partial charge on any atom is -0.349 e. The van der Waals surface area contributed by atoms with Crippen molar-refractivity contribution in [2.75, 3.05) is 0 Å². The van der Waals surface area contributed by atoms with Gasteiger partial charge < -0.3 is 5.32 Å². The molecular weight excluding hydrogens is 329 g/mol. The predicted octanol–water partition coefficient (Wildman–Crippen LogP) is 5.86. The maximum absolute atomic E-state index is 12.6. The van der Waals surface area contributed by atoms with Gasteiger partial charge in [-0.2, -0.15) is 0 Å². The number of rotatable bonds is 3. The summed E-state index contributed by atoms with van der Waals surface area (Å²) in [7, 11) is 0. The molecule has 126 valence electrons. The van der Waals surface area contributed by atoms with Gasteiger partial charge in [-0.25, -0.2) is 0 Å². The molecule has 2 saturated carbocycles. The second-order valence-electron chi connectivity index (χ2n) is 7.05. The Morgan fingerprint density at radius 3 is 2.39 bits per heavy atom. The molecule has 0 aromatic heterocycles. The summed E-state index contributed by atoms with van der Waals surface area (Å²) >= 11 is 12.1. The fourth-order valence-corrected chi connectivity index (χ4v) is 4.88. The maximum atomic E-state index is 12.6. The van der Waals surface area contributed by atoms with Crippen LogP contribution >= 0.6 is 23.2 Å².